The first-order valence-electron chi connectivity index (χ1n) is 13.0. The molecule has 0 spiro atoms. The highest BCUT2D eigenvalue weighted by Gasteiger charge is 2.29. The van der Waals surface area contributed by atoms with Gasteiger partial charge in [-0.05, 0) is 50.6 Å². The van der Waals surface area contributed by atoms with Crippen molar-refractivity contribution in [3.8, 4) is 17.0 Å². The number of anilines is 2. The predicted octanol–water partition coefficient (Wildman–Crippen LogP) is 3.11. The molecule has 0 saturated carbocycles. The van der Waals surface area contributed by atoms with Crippen LogP contribution in [0, 0.1) is 5.82 Å². The Morgan fingerprint density at radius 3 is 2.62 bits per heavy atom. The lowest BCUT2D eigenvalue weighted by Crippen LogP contribution is -2.39. The lowest BCUT2D eigenvalue weighted by atomic mass is 9.95. The fourth-order valence-electron chi connectivity index (χ4n) is 5.10. The van der Waals surface area contributed by atoms with E-state index in [1.165, 1.54) is 31.9 Å². The largest absolute Gasteiger partial charge is 0.432 e. The molecule has 3 N–H and O–H groups in total. The van der Waals surface area contributed by atoms with Gasteiger partial charge in [0.1, 0.15) is 29.4 Å². The van der Waals surface area contributed by atoms with E-state index >= 15 is 0 Å². The zero-order valence-corrected chi connectivity index (χ0v) is 21.6. The molecule has 0 atom stereocenters. The zero-order valence-electron chi connectivity index (χ0n) is 21.6. The number of hydrogen-bond donors (Lipinski definition) is 2. The normalized spacial score (nSPS) is 16.4. The number of hydrogen-bond acceptors (Lipinski definition) is 8. The van der Waals surface area contributed by atoms with Crippen molar-refractivity contribution in [1.82, 2.24) is 29.7 Å². The molecule has 13 heteroatoms. The van der Waals surface area contributed by atoms with Crippen LogP contribution in [0.1, 0.15) is 41.4 Å². The summed E-state index contributed by atoms with van der Waals surface area (Å²) in [7, 11) is 1.53. The van der Waals surface area contributed by atoms with Crippen LogP contribution in [0.5, 0.6) is 5.75 Å². The van der Waals surface area contributed by atoms with E-state index in [1.807, 2.05) is 11.1 Å². The number of halogens is 3. The van der Waals surface area contributed by atoms with Gasteiger partial charge in [0, 0.05) is 50.9 Å². The predicted molar refractivity (Wildman–Crippen MR) is 139 cm³/mol. The van der Waals surface area contributed by atoms with Crippen molar-refractivity contribution in [1.29, 1.82) is 0 Å². The van der Waals surface area contributed by atoms with Crippen LogP contribution in [0.3, 0.4) is 0 Å². The Kier molecular flexibility index (Phi) is 7.87. The average molecular weight is 545 g/mol. The number of carbonyl (C=O) groups is 1. The van der Waals surface area contributed by atoms with Crippen LogP contribution in [-0.4, -0.2) is 76.7 Å². The Morgan fingerprint density at radius 1 is 1.18 bits per heavy atom. The number of nitrogens with zero attached hydrogens (tertiary/aromatic N) is 6. The molecule has 2 fully saturated rings. The number of aromatic nitrogens is 4. The van der Waals surface area contributed by atoms with Gasteiger partial charge in [-0.3, -0.25) is 4.79 Å². The van der Waals surface area contributed by atoms with E-state index in [9.17, 15) is 18.0 Å². The van der Waals surface area contributed by atoms with Crippen molar-refractivity contribution in [3.05, 3.63) is 47.9 Å². The Labute approximate surface area is 224 Å². The van der Waals surface area contributed by atoms with Gasteiger partial charge in [0.25, 0.3) is 5.91 Å². The molecule has 2 aromatic heterocycles. The Bertz CT molecular complexity index is 1320. The molecule has 1 aromatic carbocycles. The quantitative estimate of drug-likeness (QED) is 0.423. The number of ether oxygens (including phenoxy) is 1. The number of likely N-dealkylation sites (tertiary alicyclic amines) is 1. The van der Waals surface area contributed by atoms with Gasteiger partial charge in [-0.25, -0.2) is 19.3 Å². The van der Waals surface area contributed by atoms with Crippen LogP contribution >= 0.6 is 0 Å². The lowest BCUT2D eigenvalue weighted by molar-refractivity contribution is -0.0521. The van der Waals surface area contributed by atoms with Crippen molar-refractivity contribution in [2.75, 3.05) is 50.4 Å². The summed E-state index contributed by atoms with van der Waals surface area (Å²) >= 11 is 0. The fourth-order valence-corrected chi connectivity index (χ4v) is 5.10. The first kappa shape index (κ1) is 26.7. The summed E-state index contributed by atoms with van der Waals surface area (Å²) in [6.45, 7) is 1.87. The molecule has 10 nitrogen and oxygen atoms in total. The summed E-state index contributed by atoms with van der Waals surface area (Å²) < 4.78 is 46.1. The number of piperidine rings is 1. The highest BCUT2D eigenvalue weighted by Crippen LogP contribution is 2.34. The number of nitrogens with one attached hydrogen (secondary N) is 1. The van der Waals surface area contributed by atoms with Crippen LogP contribution in [0.15, 0.2) is 30.7 Å². The summed E-state index contributed by atoms with van der Waals surface area (Å²) in [5, 5.41) is 2.60. The monoisotopic (exact) mass is 544 g/mol. The number of nitrogen functional groups attached to an aromatic ring is 1. The molecule has 2 aliphatic rings. The van der Waals surface area contributed by atoms with Crippen molar-refractivity contribution in [2.45, 2.75) is 38.3 Å². The van der Waals surface area contributed by atoms with Crippen LogP contribution in [0.25, 0.3) is 11.3 Å². The van der Waals surface area contributed by atoms with Crippen LogP contribution in [-0.2, 0) is 6.54 Å². The molecule has 4 heterocycles. The summed E-state index contributed by atoms with van der Waals surface area (Å²) in [6, 6.07) is 3.89. The van der Waals surface area contributed by atoms with Crippen molar-refractivity contribution < 1.29 is 22.7 Å². The van der Waals surface area contributed by atoms with Gasteiger partial charge in [0.15, 0.2) is 11.6 Å². The van der Waals surface area contributed by atoms with E-state index in [0.717, 1.165) is 50.9 Å². The minimum Gasteiger partial charge on any atom is -0.432 e. The second-order valence-electron chi connectivity index (χ2n) is 9.69. The van der Waals surface area contributed by atoms with E-state index in [0.29, 0.717) is 30.2 Å². The Balaban J connectivity index is 1.39. The summed E-state index contributed by atoms with van der Waals surface area (Å²) in [5.74, 6) is -0.0762. The molecule has 1 amide bonds. The van der Waals surface area contributed by atoms with Gasteiger partial charge in [-0.15, -0.1) is 0 Å². The molecule has 0 aliphatic carbocycles. The third-order valence-corrected chi connectivity index (χ3v) is 7.33. The van der Waals surface area contributed by atoms with Gasteiger partial charge in [-0.2, -0.15) is 8.78 Å². The number of nitrogens with two attached hydrogens (primary N) is 1. The SMILES string of the molecule is CNC(=O)c1c(N)ncnc1N1CCC(c2nc(-c3ccc(F)c(OC(F)F)c3)cn2CCN2CCC2)CC1. The number of alkyl halides is 2. The maximum absolute atomic E-state index is 14.0. The summed E-state index contributed by atoms with van der Waals surface area (Å²) in [5.41, 5.74) is 7.32. The summed E-state index contributed by atoms with van der Waals surface area (Å²) in [6.07, 6.45) is 5.94. The molecule has 0 bridgehead atoms. The van der Waals surface area contributed by atoms with Crippen LogP contribution in [0.4, 0.5) is 24.8 Å². The van der Waals surface area contributed by atoms with E-state index in [1.54, 1.807) is 0 Å². The highest BCUT2D eigenvalue weighted by atomic mass is 19.3. The second kappa shape index (κ2) is 11.5. The van der Waals surface area contributed by atoms with E-state index in [4.69, 9.17) is 10.7 Å². The first-order chi connectivity index (χ1) is 18.8. The smallest absolute Gasteiger partial charge is 0.387 e. The molecule has 2 aliphatic heterocycles. The number of benzene rings is 1. The lowest BCUT2D eigenvalue weighted by Gasteiger charge is -2.34. The molecule has 3 aromatic rings. The molecular formula is C26H31F3N8O2. The fraction of sp³-hybridized carbons (Fsp3) is 0.462. The zero-order chi connectivity index (χ0) is 27.5. The van der Waals surface area contributed by atoms with Gasteiger partial charge in [0.05, 0.1) is 5.69 Å². The number of amides is 1. The molecule has 5 rings (SSSR count). The molecular weight excluding hydrogens is 513 g/mol. The first-order valence-corrected chi connectivity index (χ1v) is 13.0. The highest BCUT2D eigenvalue weighted by molar-refractivity contribution is 6.02. The van der Waals surface area contributed by atoms with Gasteiger partial charge in [-0.1, -0.05) is 0 Å². The van der Waals surface area contributed by atoms with Gasteiger partial charge >= 0.3 is 6.61 Å². The molecule has 2 saturated heterocycles. The number of imidazole rings is 1. The summed E-state index contributed by atoms with van der Waals surface area (Å²) in [4.78, 5) is 30.0. The van der Waals surface area contributed by atoms with Gasteiger partial charge in [0.2, 0.25) is 0 Å². The molecule has 39 heavy (non-hydrogen) atoms. The van der Waals surface area contributed by atoms with Crippen LogP contribution in [0.2, 0.25) is 0 Å². The van der Waals surface area contributed by atoms with Crippen LogP contribution < -0.4 is 20.7 Å². The minimum absolute atomic E-state index is 0.117. The second-order valence-corrected chi connectivity index (χ2v) is 9.69. The average Bonchev–Trinajstić information content (AvgIpc) is 3.32. The standard InChI is InChI=1S/C26H31F3N8O2/c1-31-25(38)21-22(30)32-15-33-24(21)36-9-5-16(6-10-36)23-34-19(14-37(23)12-11-35-7-2-8-35)17-3-4-18(27)20(13-17)39-26(28)29/h3-4,13-16,26H,2,5-12H2,1H3,(H,31,38)(H2,30,32,33). The number of carbonyl (C=O) groups excluding carboxylic acids is 1. The number of rotatable bonds is 9. The molecule has 0 unspecified atom stereocenters. The molecule has 0 radical (unpaired) electrons. The topological polar surface area (TPSA) is 114 Å². The van der Waals surface area contributed by atoms with E-state index in [-0.39, 0.29) is 23.2 Å². The third kappa shape index (κ3) is 5.77. The third-order valence-electron chi connectivity index (χ3n) is 7.33. The molecule has 208 valence electrons. The Hall–Kier alpha value is -3.87. The minimum atomic E-state index is -3.13. The maximum Gasteiger partial charge on any atom is 0.387 e. The van der Waals surface area contributed by atoms with Crippen molar-refractivity contribution in [3.63, 3.8) is 0 Å². The van der Waals surface area contributed by atoms with Crippen molar-refractivity contribution in [2.24, 2.45) is 0 Å². The van der Waals surface area contributed by atoms with Gasteiger partial charge < -0.3 is 30.2 Å². The maximum atomic E-state index is 14.0. The van der Waals surface area contributed by atoms with E-state index < -0.39 is 18.2 Å². The van der Waals surface area contributed by atoms with E-state index in [2.05, 4.69) is 29.5 Å². The van der Waals surface area contributed by atoms with Crippen molar-refractivity contribution >= 4 is 17.5 Å². The Morgan fingerprint density at radius 2 is 1.95 bits per heavy atom.